The first kappa shape index (κ1) is 14.3. The van der Waals surface area contributed by atoms with Gasteiger partial charge in [0.25, 0.3) is 0 Å². The van der Waals surface area contributed by atoms with Crippen LogP contribution in [0.3, 0.4) is 0 Å². The molecule has 0 radical (unpaired) electrons. The summed E-state index contributed by atoms with van der Waals surface area (Å²) in [5.74, 6) is -0.278. The lowest BCUT2D eigenvalue weighted by Gasteiger charge is -1.99. The minimum absolute atomic E-state index is 0.114. The molecule has 0 aliphatic carbocycles. The number of carbonyl (C=O) groups is 1. The molecule has 0 amide bonds. The third-order valence-corrected chi connectivity index (χ3v) is 3.85. The van der Waals surface area contributed by atoms with Crippen LogP contribution >= 0.6 is 15.9 Å². The van der Waals surface area contributed by atoms with E-state index in [1.165, 1.54) is 0 Å². The molecule has 22 heavy (non-hydrogen) atoms. The number of rotatable bonds is 3. The van der Waals surface area contributed by atoms with Crippen molar-refractivity contribution < 1.29 is 4.79 Å². The second-order valence-electron chi connectivity index (χ2n) is 4.80. The van der Waals surface area contributed by atoms with Gasteiger partial charge in [-0.25, -0.2) is 0 Å². The van der Waals surface area contributed by atoms with Crippen molar-refractivity contribution in [3.63, 3.8) is 0 Å². The molecule has 0 saturated heterocycles. The number of Topliss-reactive ketones (excluding diaryl/α,β-unsaturated/α-hetero) is 1. The van der Waals surface area contributed by atoms with Crippen LogP contribution in [0.25, 0.3) is 17.0 Å². The molecule has 0 bridgehead atoms. The second kappa shape index (κ2) is 6.00. The van der Waals surface area contributed by atoms with Gasteiger partial charge in [-0.2, -0.15) is 5.26 Å². The summed E-state index contributed by atoms with van der Waals surface area (Å²) < 4.78 is 0.901. The Balaban J connectivity index is 2.04. The van der Waals surface area contributed by atoms with Gasteiger partial charge in [0.1, 0.15) is 11.6 Å². The number of H-pyrrole nitrogens is 1. The number of benzene rings is 2. The number of carbonyl (C=O) groups excluding carboxylic acids is 1. The summed E-state index contributed by atoms with van der Waals surface area (Å²) in [6, 6.07) is 17.0. The fourth-order valence-electron chi connectivity index (χ4n) is 2.32. The van der Waals surface area contributed by atoms with E-state index in [0.717, 1.165) is 20.9 Å². The van der Waals surface area contributed by atoms with Crippen LogP contribution in [0.2, 0.25) is 0 Å². The van der Waals surface area contributed by atoms with Crippen molar-refractivity contribution in [2.75, 3.05) is 0 Å². The van der Waals surface area contributed by atoms with E-state index < -0.39 is 0 Å². The summed E-state index contributed by atoms with van der Waals surface area (Å²) in [7, 11) is 0. The van der Waals surface area contributed by atoms with Gasteiger partial charge in [0.2, 0.25) is 5.78 Å². The topological polar surface area (TPSA) is 56.6 Å². The maximum atomic E-state index is 12.6. The van der Waals surface area contributed by atoms with Crippen molar-refractivity contribution in [2.24, 2.45) is 0 Å². The minimum atomic E-state index is -0.278. The summed E-state index contributed by atoms with van der Waals surface area (Å²) >= 11 is 3.38. The van der Waals surface area contributed by atoms with Crippen molar-refractivity contribution in [3.05, 3.63) is 75.9 Å². The zero-order chi connectivity index (χ0) is 15.5. The summed E-state index contributed by atoms with van der Waals surface area (Å²) in [4.78, 5) is 15.7. The highest BCUT2D eigenvalue weighted by molar-refractivity contribution is 9.10. The van der Waals surface area contributed by atoms with Crippen LogP contribution in [0.1, 0.15) is 15.9 Å². The molecule has 0 aliphatic heterocycles. The van der Waals surface area contributed by atoms with Crippen molar-refractivity contribution in [2.45, 2.75) is 0 Å². The van der Waals surface area contributed by atoms with Crippen LogP contribution in [-0.4, -0.2) is 10.8 Å². The van der Waals surface area contributed by atoms with Crippen molar-refractivity contribution in [1.82, 2.24) is 4.98 Å². The van der Waals surface area contributed by atoms with E-state index in [1.54, 1.807) is 12.3 Å². The van der Waals surface area contributed by atoms with E-state index in [2.05, 4.69) is 20.9 Å². The van der Waals surface area contributed by atoms with Gasteiger partial charge in [-0.3, -0.25) is 4.79 Å². The molecule has 0 unspecified atom stereocenters. The molecule has 3 rings (SSSR count). The maximum absolute atomic E-state index is 12.6. The fraction of sp³-hybridized carbons (Fsp3) is 0. The Morgan fingerprint density at radius 2 is 2.00 bits per heavy atom. The lowest BCUT2D eigenvalue weighted by molar-refractivity contribution is 0.104. The molecule has 0 fully saturated rings. The monoisotopic (exact) mass is 350 g/mol. The van der Waals surface area contributed by atoms with Crippen LogP contribution < -0.4 is 0 Å². The molecular weight excluding hydrogens is 340 g/mol. The van der Waals surface area contributed by atoms with Gasteiger partial charge in [0.15, 0.2) is 0 Å². The van der Waals surface area contributed by atoms with Crippen molar-refractivity contribution in [1.29, 1.82) is 5.26 Å². The third kappa shape index (κ3) is 2.72. The van der Waals surface area contributed by atoms with Crippen molar-refractivity contribution in [3.8, 4) is 6.07 Å². The average molecular weight is 351 g/mol. The maximum Gasteiger partial charge on any atom is 0.205 e. The highest BCUT2D eigenvalue weighted by atomic mass is 79.9. The highest BCUT2D eigenvalue weighted by Crippen LogP contribution is 2.22. The number of para-hydroxylation sites is 1. The van der Waals surface area contributed by atoms with E-state index in [9.17, 15) is 10.1 Å². The SMILES string of the molecule is N#C/C(=C\c1cccc(Br)c1)C(=O)c1c[nH]c2ccccc12. The summed E-state index contributed by atoms with van der Waals surface area (Å²) in [6.07, 6.45) is 3.26. The number of nitriles is 1. The molecular formula is C18H11BrN2O. The smallest absolute Gasteiger partial charge is 0.205 e. The predicted octanol–water partition coefficient (Wildman–Crippen LogP) is 4.72. The molecule has 0 saturated carbocycles. The summed E-state index contributed by atoms with van der Waals surface area (Å²) in [5, 5.41) is 10.2. The lowest BCUT2D eigenvalue weighted by Crippen LogP contribution is -2.01. The number of ketones is 1. The first-order chi connectivity index (χ1) is 10.7. The number of nitrogens with zero attached hydrogens (tertiary/aromatic N) is 1. The van der Waals surface area contributed by atoms with Crippen LogP contribution in [0.5, 0.6) is 0 Å². The number of nitrogens with one attached hydrogen (secondary N) is 1. The molecule has 0 aliphatic rings. The van der Waals surface area contributed by atoms with E-state index in [1.807, 2.05) is 54.6 Å². The van der Waals surface area contributed by atoms with Gasteiger partial charge in [-0.05, 0) is 29.8 Å². The summed E-state index contributed by atoms with van der Waals surface area (Å²) in [6.45, 7) is 0. The number of hydrogen-bond acceptors (Lipinski definition) is 2. The number of fused-ring (bicyclic) bond motifs is 1. The molecule has 1 aromatic heterocycles. The molecule has 0 spiro atoms. The number of allylic oxidation sites excluding steroid dienone is 1. The Labute approximate surface area is 136 Å². The zero-order valence-corrected chi connectivity index (χ0v) is 13.1. The first-order valence-electron chi connectivity index (χ1n) is 6.67. The van der Waals surface area contributed by atoms with Gasteiger partial charge in [-0.1, -0.05) is 46.3 Å². The second-order valence-corrected chi connectivity index (χ2v) is 5.72. The molecule has 3 aromatic rings. The molecule has 106 valence electrons. The molecule has 4 heteroatoms. The van der Waals surface area contributed by atoms with Gasteiger partial charge >= 0.3 is 0 Å². The molecule has 3 nitrogen and oxygen atoms in total. The minimum Gasteiger partial charge on any atom is -0.360 e. The Morgan fingerprint density at radius 3 is 2.77 bits per heavy atom. The van der Waals surface area contributed by atoms with E-state index in [4.69, 9.17) is 0 Å². The standard InChI is InChI=1S/C18H11BrN2O/c19-14-5-3-4-12(9-14)8-13(10-20)18(22)16-11-21-17-7-2-1-6-15(16)17/h1-9,11,21H/b13-8+. The van der Waals surface area contributed by atoms with Gasteiger partial charge in [0.05, 0.1) is 0 Å². The van der Waals surface area contributed by atoms with Crippen LogP contribution in [-0.2, 0) is 0 Å². The molecule has 1 N–H and O–H groups in total. The van der Waals surface area contributed by atoms with Crippen molar-refractivity contribution >= 4 is 38.7 Å². The largest absolute Gasteiger partial charge is 0.360 e. The Hall–Kier alpha value is -2.64. The third-order valence-electron chi connectivity index (χ3n) is 3.36. The van der Waals surface area contributed by atoms with Gasteiger partial charge < -0.3 is 4.98 Å². The number of aromatic amines is 1. The van der Waals surface area contributed by atoms with E-state index in [-0.39, 0.29) is 11.4 Å². The number of aromatic nitrogens is 1. The predicted molar refractivity (Wildman–Crippen MR) is 90.4 cm³/mol. The quantitative estimate of drug-likeness (QED) is 0.422. The molecule has 1 heterocycles. The molecule has 2 aromatic carbocycles. The Bertz CT molecular complexity index is 931. The molecule has 0 atom stereocenters. The summed E-state index contributed by atoms with van der Waals surface area (Å²) in [5.41, 5.74) is 2.31. The van der Waals surface area contributed by atoms with Gasteiger partial charge in [-0.15, -0.1) is 0 Å². The van der Waals surface area contributed by atoms with Crippen LogP contribution in [0, 0.1) is 11.3 Å². The average Bonchev–Trinajstić information content (AvgIpc) is 2.96. The number of hydrogen-bond donors (Lipinski definition) is 1. The Morgan fingerprint density at radius 1 is 1.18 bits per heavy atom. The first-order valence-corrected chi connectivity index (χ1v) is 7.46. The normalized spacial score (nSPS) is 11.4. The van der Waals surface area contributed by atoms with E-state index >= 15 is 0 Å². The fourth-order valence-corrected chi connectivity index (χ4v) is 2.73. The Kier molecular flexibility index (Phi) is 3.90. The van der Waals surface area contributed by atoms with Crippen LogP contribution in [0.4, 0.5) is 0 Å². The number of halogens is 1. The van der Waals surface area contributed by atoms with Gasteiger partial charge in [0, 0.05) is 27.1 Å². The van der Waals surface area contributed by atoms with Crippen LogP contribution in [0.15, 0.2) is 64.8 Å². The highest BCUT2D eigenvalue weighted by Gasteiger charge is 2.16. The zero-order valence-electron chi connectivity index (χ0n) is 11.5. The van der Waals surface area contributed by atoms with E-state index in [0.29, 0.717) is 5.56 Å². The lowest BCUT2D eigenvalue weighted by atomic mass is 10.0.